The lowest BCUT2D eigenvalue weighted by Crippen LogP contribution is -2.29. The van der Waals surface area contributed by atoms with Gasteiger partial charge in [-0.2, -0.15) is 0 Å². The lowest BCUT2D eigenvalue weighted by molar-refractivity contribution is -0.132. The van der Waals surface area contributed by atoms with E-state index in [2.05, 4.69) is 0 Å². The van der Waals surface area contributed by atoms with Crippen LogP contribution in [0, 0.1) is 12.7 Å². The van der Waals surface area contributed by atoms with Crippen LogP contribution in [0.1, 0.15) is 49.1 Å². The first-order chi connectivity index (χ1) is 16.0. The molecule has 3 aromatic rings. The quantitative estimate of drug-likeness (QED) is 0.296. The van der Waals surface area contributed by atoms with Gasteiger partial charge in [-0.25, -0.2) is 4.39 Å². The van der Waals surface area contributed by atoms with E-state index in [1.54, 1.807) is 31.2 Å². The van der Waals surface area contributed by atoms with Crippen molar-refractivity contribution in [2.45, 2.75) is 39.2 Å². The first kappa shape index (κ1) is 23.2. The Morgan fingerprint density at radius 1 is 0.971 bits per heavy atom. The van der Waals surface area contributed by atoms with E-state index < -0.39 is 23.5 Å². The molecule has 1 heterocycles. The molecule has 1 aliphatic rings. The molecule has 2 N–H and O–H groups in total. The summed E-state index contributed by atoms with van der Waals surface area (Å²) in [5, 5.41) is 21.9. The van der Waals surface area contributed by atoms with Gasteiger partial charge >= 0.3 is 0 Å². The highest BCUT2D eigenvalue weighted by Crippen LogP contribution is 2.45. The van der Waals surface area contributed by atoms with Gasteiger partial charge in [-0.05, 0) is 47.7 Å². The molecule has 1 amide bonds. The van der Waals surface area contributed by atoms with Crippen molar-refractivity contribution in [2.24, 2.45) is 0 Å². The molecule has 0 aromatic heterocycles. The third-order valence-electron chi connectivity index (χ3n) is 6.14. The molecule has 0 spiro atoms. The monoisotopic (exact) mass is 459 g/mol. The number of halogens is 1. The van der Waals surface area contributed by atoms with Gasteiger partial charge in [0.15, 0.2) is 0 Å². The number of hydrogen-bond donors (Lipinski definition) is 2. The number of aromatic hydroxyl groups is 1. The van der Waals surface area contributed by atoms with E-state index in [-0.39, 0.29) is 33.7 Å². The van der Waals surface area contributed by atoms with Gasteiger partial charge in [0.2, 0.25) is 0 Å². The zero-order valence-corrected chi connectivity index (χ0v) is 19.5. The lowest BCUT2D eigenvalue weighted by Gasteiger charge is -2.26. The average molecular weight is 460 g/mol. The van der Waals surface area contributed by atoms with Crippen LogP contribution in [-0.4, -0.2) is 21.9 Å². The number of hydrogen-bond acceptors (Lipinski definition) is 4. The first-order valence-corrected chi connectivity index (χ1v) is 11.0. The number of anilines is 1. The van der Waals surface area contributed by atoms with Crippen LogP contribution in [0.15, 0.2) is 72.3 Å². The summed E-state index contributed by atoms with van der Waals surface area (Å²) in [6, 6.07) is 16.1. The number of carbonyl (C=O) groups excluding carboxylic acids is 2. The fraction of sp³-hybridized carbons (Fsp3) is 0.214. The fourth-order valence-corrected chi connectivity index (χ4v) is 4.23. The Bertz CT molecular complexity index is 1340. The van der Waals surface area contributed by atoms with Crippen LogP contribution >= 0.6 is 0 Å². The Labute approximate surface area is 197 Å². The largest absolute Gasteiger partial charge is 0.507 e. The maximum atomic E-state index is 15.0. The number of aryl methyl sites for hydroxylation is 1. The fourth-order valence-electron chi connectivity index (χ4n) is 4.23. The number of phenolic OH excluding ortho intramolecular Hbond substituents is 1. The van der Waals surface area contributed by atoms with Crippen LogP contribution in [0.25, 0.3) is 5.76 Å². The summed E-state index contributed by atoms with van der Waals surface area (Å²) in [4.78, 5) is 27.5. The molecule has 6 heteroatoms. The second-order valence-electron chi connectivity index (χ2n) is 9.46. The lowest BCUT2D eigenvalue weighted by atomic mass is 9.84. The van der Waals surface area contributed by atoms with Gasteiger partial charge in [-0.1, -0.05) is 63.2 Å². The van der Waals surface area contributed by atoms with Crippen molar-refractivity contribution >= 4 is 23.1 Å². The van der Waals surface area contributed by atoms with Gasteiger partial charge in [0.05, 0.1) is 17.3 Å². The molecular formula is C28H26FNO4. The van der Waals surface area contributed by atoms with E-state index in [4.69, 9.17) is 0 Å². The number of benzene rings is 3. The molecule has 4 rings (SSSR count). The highest BCUT2D eigenvalue weighted by Gasteiger charge is 2.48. The van der Waals surface area contributed by atoms with E-state index in [1.807, 2.05) is 32.9 Å². The van der Waals surface area contributed by atoms with Crippen LogP contribution in [0.3, 0.4) is 0 Å². The van der Waals surface area contributed by atoms with Crippen LogP contribution in [0.5, 0.6) is 5.75 Å². The molecule has 1 saturated heterocycles. The SMILES string of the molecule is Cc1ccc(C(C)(C)C)cc1/C(O)=C1\C(=O)C(=O)N(c2ccccc2O)C1c1ccccc1F. The van der Waals surface area contributed by atoms with Crippen molar-refractivity contribution < 1.29 is 24.2 Å². The molecule has 1 atom stereocenters. The highest BCUT2D eigenvalue weighted by molar-refractivity contribution is 6.52. The summed E-state index contributed by atoms with van der Waals surface area (Å²) in [6.45, 7) is 7.87. The third-order valence-corrected chi connectivity index (χ3v) is 6.14. The number of amides is 1. The molecule has 174 valence electrons. The van der Waals surface area contributed by atoms with Crippen molar-refractivity contribution in [3.8, 4) is 5.75 Å². The number of rotatable bonds is 3. The predicted octanol–water partition coefficient (Wildman–Crippen LogP) is 5.76. The molecule has 0 saturated carbocycles. The van der Waals surface area contributed by atoms with Gasteiger partial charge in [0.1, 0.15) is 17.3 Å². The number of Topliss-reactive ketones (excluding diaryl/α,β-unsaturated/α-hetero) is 1. The molecule has 0 bridgehead atoms. The summed E-state index contributed by atoms with van der Waals surface area (Å²) in [5.41, 5.74) is 1.66. The maximum absolute atomic E-state index is 15.0. The second-order valence-corrected chi connectivity index (χ2v) is 9.46. The summed E-state index contributed by atoms with van der Waals surface area (Å²) < 4.78 is 15.0. The minimum absolute atomic E-state index is 0.0381. The summed E-state index contributed by atoms with van der Waals surface area (Å²) in [7, 11) is 0. The number of aliphatic hydroxyl groups excluding tert-OH is 1. The minimum Gasteiger partial charge on any atom is -0.507 e. The topological polar surface area (TPSA) is 77.8 Å². The molecule has 1 unspecified atom stereocenters. The zero-order chi connectivity index (χ0) is 24.8. The van der Waals surface area contributed by atoms with Crippen LogP contribution in [0.4, 0.5) is 10.1 Å². The number of carbonyl (C=O) groups is 2. The van der Waals surface area contributed by atoms with Crippen LogP contribution < -0.4 is 4.90 Å². The van der Waals surface area contributed by atoms with Crippen molar-refractivity contribution in [1.29, 1.82) is 0 Å². The molecule has 1 fully saturated rings. The number of phenols is 1. The Morgan fingerprint density at radius 3 is 2.26 bits per heavy atom. The summed E-state index contributed by atoms with van der Waals surface area (Å²) in [6.07, 6.45) is 0. The van der Waals surface area contributed by atoms with Gasteiger partial charge in [-0.3, -0.25) is 14.5 Å². The van der Waals surface area contributed by atoms with E-state index in [1.165, 1.54) is 30.3 Å². The van der Waals surface area contributed by atoms with Crippen molar-refractivity contribution in [2.75, 3.05) is 4.90 Å². The molecule has 5 nitrogen and oxygen atoms in total. The van der Waals surface area contributed by atoms with Crippen LogP contribution in [0.2, 0.25) is 0 Å². The Kier molecular flexibility index (Phi) is 5.77. The van der Waals surface area contributed by atoms with Crippen molar-refractivity contribution in [1.82, 2.24) is 0 Å². The first-order valence-electron chi connectivity index (χ1n) is 11.0. The standard InChI is InChI=1S/C28H26FNO4/c1-16-13-14-17(28(2,3)4)15-19(16)25(32)23-24(18-9-5-6-10-20(18)29)30(27(34)26(23)33)21-11-7-8-12-22(21)31/h5-15,24,31-32H,1-4H3/b25-23+. The number of aliphatic hydroxyl groups is 1. The van der Waals surface area contributed by atoms with Gasteiger partial charge in [-0.15, -0.1) is 0 Å². The van der Waals surface area contributed by atoms with Gasteiger partial charge in [0, 0.05) is 11.1 Å². The maximum Gasteiger partial charge on any atom is 0.300 e. The zero-order valence-electron chi connectivity index (χ0n) is 19.5. The number of ketones is 1. The van der Waals surface area contributed by atoms with E-state index in [0.29, 0.717) is 11.1 Å². The Hall–Kier alpha value is -3.93. The van der Waals surface area contributed by atoms with E-state index >= 15 is 4.39 Å². The molecule has 3 aromatic carbocycles. The number of para-hydroxylation sites is 2. The van der Waals surface area contributed by atoms with Gasteiger partial charge < -0.3 is 10.2 Å². The highest BCUT2D eigenvalue weighted by atomic mass is 19.1. The van der Waals surface area contributed by atoms with Crippen molar-refractivity contribution in [3.63, 3.8) is 0 Å². The minimum atomic E-state index is -1.26. The van der Waals surface area contributed by atoms with Crippen LogP contribution in [-0.2, 0) is 15.0 Å². The summed E-state index contributed by atoms with van der Waals surface area (Å²) >= 11 is 0. The smallest absolute Gasteiger partial charge is 0.300 e. The Morgan fingerprint density at radius 2 is 1.62 bits per heavy atom. The number of nitrogens with zero attached hydrogens (tertiary/aromatic N) is 1. The van der Waals surface area contributed by atoms with Gasteiger partial charge in [0.25, 0.3) is 11.7 Å². The van der Waals surface area contributed by atoms with E-state index in [9.17, 15) is 19.8 Å². The average Bonchev–Trinajstić information content (AvgIpc) is 3.04. The third kappa shape index (κ3) is 3.85. The molecular weight excluding hydrogens is 433 g/mol. The summed E-state index contributed by atoms with van der Waals surface area (Å²) in [5.74, 6) is -3.17. The normalized spacial score (nSPS) is 17.9. The molecule has 0 aliphatic carbocycles. The molecule has 34 heavy (non-hydrogen) atoms. The second kappa shape index (κ2) is 8.45. The van der Waals surface area contributed by atoms with Crippen molar-refractivity contribution in [3.05, 3.63) is 100 Å². The van der Waals surface area contributed by atoms with E-state index in [0.717, 1.165) is 10.5 Å². The predicted molar refractivity (Wildman–Crippen MR) is 129 cm³/mol. The Balaban J connectivity index is 2.02. The molecule has 1 aliphatic heterocycles. The molecule has 0 radical (unpaired) electrons.